The van der Waals surface area contributed by atoms with Crippen LogP contribution in [0.1, 0.15) is 11.1 Å². The number of hydrogen-bond acceptors (Lipinski definition) is 9. The van der Waals surface area contributed by atoms with Crippen LogP contribution >= 0.6 is 0 Å². The van der Waals surface area contributed by atoms with Gasteiger partial charge in [0.05, 0.1) is 23.6 Å². The number of fused-ring (bicyclic) bond motifs is 1. The van der Waals surface area contributed by atoms with Crippen molar-refractivity contribution in [3.63, 3.8) is 0 Å². The summed E-state index contributed by atoms with van der Waals surface area (Å²) in [5.41, 5.74) is 0.530. The molecule has 0 amide bonds. The predicted octanol–water partition coefficient (Wildman–Crippen LogP) is 6.95. The zero-order valence-electron chi connectivity index (χ0n) is 24.9. The van der Waals surface area contributed by atoms with Gasteiger partial charge in [-0.1, -0.05) is 24.3 Å². The van der Waals surface area contributed by atoms with Crippen LogP contribution in [0.2, 0.25) is 0 Å². The van der Waals surface area contributed by atoms with Crippen LogP contribution in [0.4, 0.5) is 62.7 Å². The van der Waals surface area contributed by atoms with Crippen LogP contribution in [-0.2, 0) is 37.5 Å². The van der Waals surface area contributed by atoms with Gasteiger partial charge < -0.3 is 15.3 Å². The Hall–Kier alpha value is -4.89. The highest BCUT2D eigenvalue weighted by Crippen LogP contribution is 2.29. The summed E-state index contributed by atoms with van der Waals surface area (Å²) in [6, 6.07) is 15.9. The first kappa shape index (κ1) is 38.6. The van der Waals surface area contributed by atoms with Gasteiger partial charge in [0.2, 0.25) is 5.95 Å². The SMILES string of the molecule is CN(C)c1nc(Nc2ccc(NS(=O)(=O)c3cc(COC(F)(F)F)ccc3COC(F)(F)F)cc2)nc2ccccc12.O=C(O)C(F)(F)F. The van der Waals surface area contributed by atoms with Gasteiger partial charge in [-0.2, -0.15) is 18.2 Å². The molecule has 0 spiro atoms. The topological polar surface area (TPSA) is 143 Å². The Kier molecular flexibility index (Phi) is 11.9. The maximum atomic E-state index is 13.2. The quantitative estimate of drug-likeness (QED) is 0.147. The molecule has 1 aromatic heterocycles. The molecular weight excluding hydrogens is 705 g/mol. The largest absolute Gasteiger partial charge is 0.522 e. The molecule has 3 aromatic carbocycles. The number of aromatic nitrogens is 2. The number of carbonyl (C=O) groups is 1. The summed E-state index contributed by atoms with van der Waals surface area (Å²) >= 11 is 0. The molecule has 0 atom stereocenters. The number of benzene rings is 3. The molecule has 0 saturated heterocycles. The van der Waals surface area contributed by atoms with Crippen LogP contribution < -0.4 is 14.9 Å². The van der Waals surface area contributed by atoms with Gasteiger partial charge in [-0.15, -0.1) is 26.3 Å². The van der Waals surface area contributed by atoms with Crippen LogP contribution in [0.3, 0.4) is 0 Å². The third kappa shape index (κ3) is 11.9. The summed E-state index contributed by atoms with van der Waals surface area (Å²) in [6.07, 6.45) is -15.2. The molecule has 266 valence electrons. The summed E-state index contributed by atoms with van der Waals surface area (Å²) < 4.78 is 143. The molecule has 3 N–H and O–H groups in total. The molecule has 4 aromatic rings. The van der Waals surface area contributed by atoms with Crippen molar-refractivity contribution >= 4 is 50.0 Å². The van der Waals surface area contributed by atoms with E-state index in [1.807, 2.05) is 43.3 Å². The number of aliphatic carboxylic acids is 1. The van der Waals surface area contributed by atoms with Gasteiger partial charge in [0, 0.05) is 30.9 Å². The van der Waals surface area contributed by atoms with Crippen molar-refractivity contribution in [1.29, 1.82) is 0 Å². The molecule has 11 nitrogen and oxygen atoms in total. The van der Waals surface area contributed by atoms with Crippen LogP contribution in [-0.4, -0.2) is 62.5 Å². The number of carboxylic acids is 1. The lowest BCUT2D eigenvalue weighted by molar-refractivity contribution is -0.331. The highest BCUT2D eigenvalue weighted by atomic mass is 32.2. The Balaban J connectivity index is 0.000000838. The minimum absolute atomic E-state index is 0.0218. The molecule has 0 bridgehead atoms. The Labute approximate surface area is 271 Å². The number of rotatable bonds is 10. The first-order chi connectivity index (χ1) is 22.5. The number of ether oxygens (including phenoxy) is 2. The molecule has 0 radical (unpaired) electrons. The van der Waals surface area contributed by atoms with Crippen molar-refractivity contribution in [2.45, 2.75) is 37.0 Å². The van der Waals surface area contributed by atoms with Crippen LogP contribution in [0.25, 0.3) is 10.9 Å². The van der Waals surface area contributed by atoms with Crippen molar-refractivity contribution in [3.8, 4) is 0 Å². The van der Waals surface area contributed by atoms with E-state index >= 15 is 0 Å². The normalized spacial score (nSPS) is 12.2. The van der Waals surface area contributed by atoms with Crippen molar-refractivity contribution in [2.75, 3.05) is 29.0 Å². The standard InChI is InChI=1S/C26H23F6N5O4S.C2HF3O2/c1-37(2)23-20-5-3-4-6-21(20)34-24(35-23)33-18-9-11-19(12-10-18)36-42(38,39)22-13-16(14-40-25(27,28)29)7-8-17(22)15-41-26(30,31)32;3-2(4,5)1(6)7/h3-13,36H,14-15H2,1-2H3,(H,33,34,35);(H,6,7). The molecule has 0 aliphatic carbocycles. The van der Waals surface area contributed by atoms with Gasteiger partial charge >= 0.3 is 24.9 Å². The summed E-state index contributed by atoms with van der Waals surface area (Å²) in [5, 5.41) is 11.0. The van der Waals surface area contributed by atoms with E-state index in [1.165, 1.54) is 24.3 Å². The number of halogens is 9. The lowest BCUT2D eigenvalue weighted by Crippen LogP contribution is -2.21. The minimum atomic E-state index is -5.08. The number of nitrogens with one attached hydrogen (secondary N) is 2. The molecular formula is C28H24F9N5O6S. The van der Waals surface area contributed by atoms with Gasteiger partial charge in [-0.25, -0.2) is 18.2 Å². The van der Waals surface area contributed by atoms with E-state index in [0.717, 1.165) is 23.6 Å². The number of carboxylic acid groups (broad SMARTS) is 1. The lowest BCUT2D eigenvalue weighted by Gasteiger charge is -2.16. The van der Waals surface area contributed by atoms with Gasteiger partial charge in [-0.3, -0.25) is 14.2 Å². The summed E-state index contributed by atoms with van der Waals surface area (Å²) in [5.74, 6) is -1.81. The highest BCUT2D eigenvalue weighted by Gasteiger charge is 2.38. The minimum Gasteiger partial charge on any atom is -0.475 e. The molecule has 0 fully saturated rings. The maximum Gasteiger partial charge on any atom is 0.522 e. The molecule has 0 unspecified atom stereocenters. The van der Waals surface area contributed by atoms with Crippen LogP contribution in [0.15, 0.2) is 71.6 Å². The Morgan fingerprint density at radius 1 is 0.816 bits per heavy atom. The number of para-hydroxylation sites is 1. The zero-order chi connectivity index (χ0) is 36.8. The second kappa shape index (κ2) is 15.1. The fourth-order valence-electron chi connectivity index (χ4n) is 3.80. The van der Waals surface area contributed by atoms with Crippen molar-refractivity contribution in [2.24, 2.45) is 0 Å². The predicted molar refractivity (Wildman–Crippen MR) is 156 cm³/mol. The highest BCUT2D eigenvalue weighted by molar-refractivity contribution is 7.92. The summed E-state index contributed by atoms with van der Waals surface area (Å²) in [4.78, 5) is 19.0. The first-order valence-corrected chi connectivity index (χ1v) is 14.7. The molecule has 0 saturated carbocycles. The molecule has 0 aliphatic rings. The second-order valence-corrected chi connectivity index (χ2v) is 11.5. The number of sulfonamides is 1. The smallest absolute Gasteiger partial charge is 0.475 e. The second-order valence-electron chi connectivity index (χ2n) is 9.80. The van der Waals surface area contributed by atoms with Gasteiger partial charge in [0.25, 0.3) is 10.0 Å². The van der Waals surface area contributed by atoms with E-state index in [9.17, 15) is 47.9 Å². The Bertz CT molecular complexity index is 1870. The lowest BCUT2D eigenvalue weighted by atomic mass is 10.1. The number of nitrogens with zero attached hydrogens (tertiary/aromatic N) is 3. The number of anilines is 4. The third-order valence-electron chi connectivity index (χ3n) is 5.86. The summed E-state index contributed by atoms with van der Waals surface area (Å²) in [6.45, 7) is -2.25. The third-order valence-corrected chi connectivity index (χ3v) is 7.32. The van der Waals surface area contributed by atoms with E-state index in [1.54, 1.807) is 0 Å². The van der Waals surface area contributed by atoms with E-state index in [2.05, 4.69) is 29.5 Å². The van der Waals surface area contributed by atoms with Crippen molar-refractivity contribution < 1.29 is 67.3 Å². The fraction of sp³-hybridized carbons (Fsp3) is 0.250. The molecule has 21 heteroatoms. The monoisotopic (exact) mass is 729 g/mol. The molecule has 0 aliphatic heterocycles. The zero-order valence-corrected chi connectivity index (χ0v) is 25.7. The Morgan fingerprint density at radius 3 is 1.92 bits per heavy atom. The average molecular weight is 730 g/mol. The van der Waals surface area contributed by atoms with Crippen LogP contribution in [0, 0.1) is 0 Å². The van der Waals surface area contributed by atoms with E-state index < -0.39 is 58.6 Å². The summed E-state index contributed by atoms with van der Waals surface area (Å²) in [7, 11) is -0.919. The number of hydrogen-bond donors (Lipinski definition) is 3. The van der Waals surface area contributed by atoms with Gasteiger partial charge in [0.15, 0.2) is 0 Å². The van der Waals surface area contributed by atoms with Crippen molar-refractivity contribution in [1.82, 2.24) is 9.97 Å². The number of alkyl halides is 9. The van der Waals surface area contributed by atoms with Crippen molar-refractivity contribution in [3.05, 3.63) is 77.9 Å². The van der Waals surface area contributed by atoms with E-state index in [4.69, 9.17) is 9.90 Å². The van der Waals surface area contributed by atoms with E-state index in [0.29, 0.717) is 17.0 Å². The van der Waals surface area contributed by atoms with Crippen LogP contribution in [0.5, 0.6) is 0 Å². The molecule has 4 rings (SSSR count). The average Bonchev–Trinajstić information content (AvgIpc) is 2.98. The maximum absolute atomic E-state index is 13.2. The van der Waals surface area contributed by atoms with E-state index in [-0.39, 0.29) is 17.2 Å². The Morgan fingerprint density at radius 2 is 1.37 bits per heavy atom. The van der Waals surface area contributed by atoms with Gasteiger partial charge in [0.1, 0.15) is 5.82 Å². The van der Waals surface area contributed by atoms with Gasteiger partial charge in [-0.05, 0) is 53.6 Å². The molecule has 1 heterocycles. The molecule has 49 heavy (non-hydrogen) atoms. The fourth-order valence-corrected chi connectivity index (χ4v) is 5.14. The first-order valence-electron chi connectivity index (χ1n) is 13.2.